The van der Waals surface area contributed by atoms with Gasteiger partial charge in [0.15, 0.2) is 0 Å². The van der Waals surface area contributed by atoms with Crippen LogP contribution >= 0.6 is 23.2 Å². The van der Waals surface area contributed by atoms with Gasteiger partial charge >= 0.3 is 0 Å². The zero-order valence-corrected chi connectivity index (χ0v) is 10.8. The van der Waals surface area contributed by atoms with Gasteiger partial charge in [-0.25, -0.2) is 0 Å². The Morgan fingerprint density at radius 3 is 2.72 bits per heavy atom. The maximum Gasteiger partial charge on any atom is 0.0992 e. The molecule has 2 aromatic rings. The highest BCUT2D eigenvalue weighted by molar-refractivity contribution is 6.33. The van der Waals surface area contributed by atoms with Crippen LogP contribution in [0.15, 0.2) is 36.7 Å². The zero-order valence-electron chi connectivity index (χ0n) is 9.32. The highest BCUT2D eigenvalue weighted by atomic mass is 35.5. The molecule has 1 N–H and O–H groups in total. The van der Waals surface area contributed by atoms with Crippen molar-refractivity contribution in [1.82, 2.24) is 4.98 Å². The minimum absolute atomic E-state index is 0.513. The third-order valence-electron chi connectivity index (χ3n) is 2.42. The Hall–Kier alpha value is -1.76. The minimum Gasteiger partial charge on any atom is -0.380 e. The largest absolute Gasteiger partial charge is 0.380 e. The van der Waals surface area contributed by atoms with Gasteiger partial charge in [-0.1, -0.05) is 23.2 Å². The molecule has 2 rings (SSSR count). The van der Waals surface area contributed by atoms with Crippen LogP contribution in [0, 0.1) is 11.3 Å². The van der Waals surface area contributed by atoms with Gasteiger partial charge < -0.3 is 5.32 Å². The lowest BCUT2D eigenvalue weighted by Gasteiger charge is -2.09. The molecule has 5 heteroatoms. The molecular formula is C13H9Cl2N3. The first-order chi connectivity index (χ1) is 8.70. The Kier molecular flexibility index (Phi) is 4.03. The van der Waals surface area contributed by atoms with E-state index in [1.807, 2.05) is 12.1 Å². The number of anilines is 1. The van der Waals surface area contributed by atoms with Gasteiger partial charge in [0.2, 0.25) is 0 Å². The molecule has 1 aromatic carbocycles. The molecule has 90 valence electrons. The van der Waals surface area contributed by atoms with Crippen LogP contribution in [-0.2, 0) is 6.54 Å². The zero-order chi connectivity index (χ0) is 13.0. The fourth-order valence-electron chi connectivity index (χ4n) is 1.47. The van der Waals surface area contributed by atoms with Crippen molar-refractivity contribution in [1.29, 1.82) is 5.26 Å². The molecule has 0 saturated heterocycles. The van der Waals surface area contributed by atoms with Gasteiger partial charge in [0, 0.05) is 18.9 Å². The van der Waals surface area contributed by atoms with E-state index in [2.05, 4.69) is 10.3 Å². The van der Waals surface area contributed by atoms with Crippen LogP contribution in [0.25, 0.3) is 0 Å². The first-order valence-corrected chi connectivity index (χ1v) is 5.98. The molecule has 0 amide bonds. The Balaban J connectivity index is 2.12. The number of halogens is 2. The van der Waals surface area contributed by atoms with E-state index in [0.29, 0.717) is 22.2 Å². The van der Waals surface area contributed by atoms with Crippen molar-refractivity contribution in [2.45, 2.75) is 6.54 Å². The summed E-state index contributed by atoms with van der Waals surface area (Å²) in [4.78, 5) is 3.92. The molecular weight excluding hydrogens is 269 g/mol. The number of nitrogens with one attached hydrogen (secondary N) is 1. The van der Waals surface area contributed by atoms with Crippen molar-refractivity contribution < 1.29 is 0 Å². The number of pyridine rings is 1. The van der Waals surface area contributed by atoms with E-state index in [9.17, 15) is 0 Å². The van der Waals surface area contributed by atoms with Gasteiger partial charge in [-0.15, -0.1) is 0 Å². The van der Waals surface area contributed by atoms with Crippen LogP contribution in [0.3, 0.4) is 0 Å². The standard InChI is InChI=1S/C13H9Cl2N3/c14-11-5-9(6-16)1-2-13(11)18-7-10-3-4-17-8-12(10)15/h1-5,8,18H,7H2. The van der Waals surface area contributed by atoms with E-state index < -0.39 is 0 Å². The summed E-state index contributed by atoms with van der Waals surface area (Å²) in [5, 5.41) is 13.0. The quantitative estimate of drug-likeness (QED) is 0.927. The molecule has 0 radical (unpaired) electrons. The second-order valence-electron chi connectivity index (χ2n) is 3.63. The number of aromatic nitrogens is 1. The van der Waals surface area contributed by atoms with Gasteiger partial charge in [-0.2, -0.15) is 5.26 Å². The van der Waals surface area contributed by atoms with Gasteiger partial charge in [-0.3, -0.25) is 4.98 Å². The molecule has 0 unspecified atom stereocenters. The molecule has 1 heterocycles. The fourth-order valence-corrected chi connectivity index (χ4v) is 1.90. The fraction of sp³-hybridized carbons (Fsp3) is 0.0769. The van der Waals surface area contributed by atoms with Crippen molar-refractivity contribution in [2.24, 2.45) is 0 Å². The van der Waals surface area contributed by atoms with Crippen LogP contribution in [-0.4, -0.2) is 4.98 Å². The summed E-state index contributed by atoms with van der Waals surface area (Å²) in [5.74, 6) is 0. The van der Waals surface area contributed by atoms with Gasteiger partial charge in [-0.05, 0) is 29.8 Å². The molecule has 0 spiro atoms. The second-order valence-corrected chi connectivity index (χ2v) is 4.44. The van der Waals surface area contributed by atoms with Crippen molar-refractivity contribution >= 4 is 28.9 Å². The first-order valence-electron chi connectivity index (χ1n) is 5.22. The van der Waals surface area contributed by atoms with E-state index in [-0.39, 0.29) is 0 Å². The topological polar surface area (TPSA) is 48.7 Å². The molecule has 0 aliphatic heterocycles. The van der Waals surface area contributed by atoms with Crippen LogP contribution < -0.4 is 5.32 Å². The summed E-state index contributed by atoms with van der Waals surface area (Å²) < 4.78 is 0. The molecule has 0 saturated carbocycles. The van der Waals surface area contributed by atoms with Gasteiger partial charge in [0.1, 0.15) is 0 Å². The molecule has 0 fully saturated rings. The van der Waals surface area contributed by atoms with Crippen LogP contribution in [0.2, 0.25) is 10.0 Å². The van der Waals surface area contributed by atoms with Crippen LogP contribution in [0.1, 0.15) is 11.1 Å². The van der Waals surface area contributed by atoms with Gasteiger partial charge in [0.25, 0.3) is 0 Å². The van der Waals surface area contributed by atoms with Crippen molar-refractivity contribution in [2.75, 3.05) is 5.32 Å². The average molecular weight is 278 g/mol. The first kappa shape index (κ1) is 12.7. The number of hydrogen-bond acceptors (Lipinski definition) is 3. The third kappa shape index (κ3) is 2.92. The number of rotatable bonds is 3. The van der Waals surface area contributed by atoms with Crippen molar-refractivity contribution in [3.8, 4) is 6.07 Å². The summed E-state index contributed by atoms with van der Waals surface area (Å²) in [5.41, 5.74) is 2.24. The predicted molar refractivity (Wildman–Crippen MR) is 72.7 cm³/mol. The molecule has 3 nitrogen and oxygen atoms in total. The highest BCUT2D eigenvalue weighted by Crippen LogP contribution is 2.24. The Morgan fingerprint density at radius 1 is 1.22 bits per heavy atom. The summed E-state index contributed by atoms with van der Waals surface area (Å²) >= 11 is 12.1. The Morgan fingerprint density at radius 2 is 2.06 bits per heavy atom. The second kappa shape index (κ2) is 5.72. The summed E-state index contributed by atoms with van der Waals surface area (Å²) in [7, 11) is 0. The SMILES string of the molecule is N#Cc1ccc(NCc2ccncc2Cl)c(Cl)c1. The van der Waals surface area contributed by atoms with Crippen molar-refractivity contribution in [3.05, 3.63) is 57.8 Å². The van der Waals surface area contributed by atoms with Crippen LogP contribution in [0.5, 0.6) is 0 Å². The maximum atomic E-state index is 8.74. The Labute approximate surface area is 115 Å². The molecule has 1 aromatic heterocycles. The summed E-state index contributed by atoms with van der Waals surface area (Å²) in [6.07, 6.45) is 3.28. The molecule has 0 atom stereocenters. The third-order valence-corrected chi connectivity index (χ3v) is 3.08. The average Bonchev–Trinajstić information content (AvgIpc) is 2.39. The van der Waals surface area contributed by atoms with Crippen LogP contribution in [0.4, 0.5) is 5.69 Å². The number of nitrogens with zero attached hydrogens (tertiary/aromatic N) is 2. The van der Waals surface area contributed by atoms with E-state index in [0.717, 1.165) is 11.3 Å². The monoisotopic (exact) mass is 277 g/mol. The van der Waals surface area contributed by atoms with E-state index in [4.69, 9.17) is 28.5 Å². The molecule has 0 aliphatic rings. The highest BCUT2D eigenvalue weighted by Gasteiger charge is 2.03. The lowest BCUT2D eigenvalue weighted by molar-refractivity contribution is 1.13. The summed E-state index contributed by atoms with van der Waals surface area (Å²) in [6, 6.07) is 8.98. The lowest BCUT2D eigenvalue weighted by Crippen LogP contribution is -2.01. The predicted octanol–water partition coefficient (Wildman–Crippen LogP) is 3.87. The van der Waals surface area contributed by atoms with E-state index >= 15 is 0 Å². The molecule has 18 heavy (non-hydrogen) atoms. The summed E-state index contributed by atoms with van der Waals surface area (Å²) in [6.45, 7) is 0.549. The number of hydrogen-bond donors (Lipinski definition) is 1. The minimum atomic E-state index is 0.513. The number of nitriles is 1. The smallest absolute Gasteiger partial charge is 0.0992 e. The van der Waals surface area contributed by atoms with E-state index in [1.54, 1.807) is 30.6 Å². The Bertz CT molecular complexity index is 605. The van der Waals surface area contributed by atoms with Crippen molar-refractivity contribution in [3.63, 3.8) is 0 Å². The normalized spacial score (nSPS) is 9.83. The molecule has 0 aliphatic carbocycles. The maximum absolute atomic E-state index is 8.74. The number of benzene rings is 1. The van der Waals surface area contributed by atoms with Gasteiger partial charge in [0.05, 0.1) is 27.4 Å². The molecule has 0 bridgehead atoms. The van der Waals surface area contributed by atoms with E-state index in [1.165, 1.54) is 0 Å². The lowest BCUT2D eigenvalue weighted by atomic mass is 10.2.